The van der Waals surface area contributed by atoms with Gasteiger partial charge in [-0.3, -0.25) is 4.57 Å². The van der Waals surface area contributed by atoms with Gasteiger partial charge in [-0.05, 0) is 24.3 Å². The fourth-order valence-corrected chi connectivity index (χ4v) is 1.98. The van der Waals surface area contributed by atoms with Crippen molar-refractivity contribution in [1.29, 1.82) is 0 Å². The molecule has 0 atom stereocenters. The van der Waals surface area contributed by atoms with E-state index in [2.05, 4.69) is 0 Å². The van der Waals surface area contributed by atoms with Gasteiger partial charge < -0.3 is 24.6 Å². The highest BCUT2D eigenvalue weighted by molar-refractivity contribution is 5.68. The molecular weight excluding hydrogens is 260 g/mol. The second-order valence-corrected chi connectivity index (χ2v) is 4.30. The van der Waals surface area contributed by atoms with Crippen LogP contribution in [-0.4, -0.2) is 41.8 Å². The summed E-state index contributed by atoms with van der Waals surface area (Å²) in [4.78, 5) is 12.2. The number of carbonyl (C=O) groups excluding carboxylic acids is 1. The van der Waals surface area contributed by atoms with Gasteiger partial charge in [-0.15, -0.1) is 0 Å². The van der Waals surface area contributed by atoms with Crippen LogP contribution >= 0.6 is 0 Å². The third-order valence-corrected chi connectivity index (χ3v) is 2.99. The lowest BCUT2D eigenvalue weighted by Gasteiger charge is -2.19. The number of aromatic nitrogens is 1. The maximum Gasteiger partial charge on any atom is 0.201 e. The Balaban J connectivity index is 2.49. The van der Waals surface area contributed by atoms with Crippen molar-refractivity contribution in [3.05, 3.63) is 30.5 Å². The molecule has 0 aliphatic rings. The molecule has 0 saturated heterocycles. The van der Waals surface area contributed by atoms with Crippen molar-refractivity contribution in [2.45, 2.75) is 0 Å². The van der Waals surface area contributed by atoms with Crippen molar-refractivity contribution in [3.63, 3.8) is 0 Å². The minimum atomic E-state index is -0.259. The second kappa shape index (κ2) is 5.56. The molecule has 106 valence electrons. The Morgan fingerprint density at radius 3 is 2.50 bits per heavy atom. The maximum atomic E-state index is 10.6. The van der Waals surface area contributed by atoms with Gasteiger partial charge in [0, 0.05) is 12.7 Å². The Morgan fingerprint density at radius 2 is 1.95 bits per heavy atom. The number of benzene rings is 1. The Morgan fingerprint density at radius 1 is 1.30 bits per heavy atom. The summed E-state index contributed by atoms with van der Waals surface area (Å²) in [5.41, 5.74) is 0.731. The highest BCUT2D eigenvalue weighted by Gasteiger charge is 2.19. The quantitative estimate of drug-likeness (QED) is 0.810. The number of hydrogen-bond acceptors (Lipinski definition) is 5. The van der Waals surface area contributed by atoms with Gasteiger partial charge in [0.15, 0.2) is 11.6 Å². The highest BCUT2D eigenvalue weighted by Crippen LogP contribution is 2.39. The van der Waals surface area contributed by atoms with E-state index in [1.54, 1.807) is 47.9 Å². The molecule has 0 aliphatic heterocycles. The zero-order chi connectivity index (χ0) is 14.7. The van der Waals surface area contributed by atoms with Gasteiger partial charge in [0.25, 0.3) is 0 Å². The molecule has 1 aromatic heterocycles. The van der Waals surface area contributed by atoms with Gasteiger partial charge in [0.1, 0.15) is 12.0 Å². The van der Waals surface area contributed by atoms with Crippen LogP contribution in [0.3, 0.4) is 0 Å². The van der Waals surface area contributed by atoms with E-state index in [0.29, 0.717) is 11.6 Å². The molecule has 0 bridgehead atoms. The van der Waals surface area contributed by atoms with Gasteiger partial charge in [-0.2, -0.15) is 0 Å². The molecule has 6 heteroatoms. The van der Waals surface area contributed by atoms with Crippen molar-refractivity contribution in [1.82, 2.24) is 4.57 Å². The van der Waals surface area contributed by atoms with E-state index in [4.69, 9.17) is 4.74 Å². The average Bonchev–Trinajstić information content (AvgIpc) is 2.75. The molecule has 0 fully saturated rings. The summed E-state index contributed by atoms with van der Waals surface area (Å²) in [6.45, 7) is 0.104. The Kier molecular flexibility index (Phi) is 3.84. The molecule has 6 nitrogen and oxygen atoms in total. The molecule has 0 saturated carbocycles. The first-order chi connectivity index (χ1) is 9.58. The summed E-state index contributed by atoms with van der Waals surface area (Å²) < 4.78 is 6.69. The predicted molar refractivity (Wildman–Crippen MR) is 75.0 cm³/mol. The number of aromatic hydroxyl groups is 2. The summed E-state index contributed by atoms with van der Waals surface area (Å²) in [6, 6.07) is 7.12. The maximum absolute atomic E-state index is 10.6. The van der Waals surface area contributed by atoms with Crippen molar-refractivity contribution >= 4 is 12.1 Å². The fourth-order valence-electron chi connectivity index (χ4n) is 1.98. The first-order valence-electron chi connectivity index (χ1n) is 6.01. The normalized spacial score (nSPS) is 10.3. The molecule has 0 unspecified atom stereocenters. The summed E-state index contributed by atoms with van der Waals surface area (Å²) in [5.74, 6) is 0.552. The molecular formula is C14H16N2O4. The minimum Gasteiger partial charge on any atom is -0.503 e. The van der Waals surface area contributed by atoms with Gasteiger partial charge in [0.2, 0.25) is 5.75 Å². The summed E-state index contributed by atoms with van der Waals surface area (Å²) in [5, 5.41) is 19.6. The predicted octanol–water partition coefficient (Wildman–Crippen LogP) is 1.53. The molecule has 1 heterocycles. The molecule has 2 rings (SSSR count). The number of aldehydes is 1. The van der Waals surface area contributed by atoms with Crippen molar-refractivity contribution in [2.75, 3.05) is 25.6 Å². The van der Waals surface area contributed by atoms with Gasteiger partial charge >= 0.3 is 0 Å². The van der Waals surface area contributed by atoms with Crippen LogP contribution in [0.25, 0.3) is 5.69 Å². The number of anilines is 1. The molecule has 0 amide bonds. The first kappa shape index (κ1) is 13.8. The molecule has 2 N–H and O–H groups in total. The van der Waals surface area contributed by atoms with Gasteiger partial charge in [-0.25, -0.2) is 0 Å². The topological polar surface area (TPSA) is 74.9 Å². The van der Waals surface area contributed by atoms with E-state index in [1.807, 2.05) is 0 Å². The molecule has 20 heavy (non-hydrogen) atoms. The first-order valence-corrected chi connectivity index (χ1v) is 6.01. The second-order valence-electron chi connectivity index (χ2n) is 4.30. The molecule has 0 radical (unpaired) electrons. The number of rotatable bonds is 5. The lowest BCUT2D eigenvalue weighted by atomic mass is 10.3. The Labute approximate surface area is 116 Å². The SMILES string of the molecule is COc1ccc(-n2cc(O)c(O)c2N(C)CC=O)cc1. The minimum absolute atomic E-state index is 0.104. The van der Waals surface area contributed by atoms with Crippen LogP contribution in [0.5, 0.6) is 17.2 Å². The third kappa shape index (κ3) is 2.40. The summed E-state index contributed by atoms with van der Waals surface area (Å²) in [6.07, 6.45) is 2.12. The highest BCUT2D eigenvalue weighted by atomic mass is 16.5. The zero-order valence-corrected chi connectivity index (χ0v) is 11.3. The number of ether oxygens (including phenoxy) is 1. The average molecular weight is 276 g/mol. The van der Waals surface area contributed by atoms with Crippen LogP contribution in [-0.2, 0) is 4.79 Å². The number of likely N-dealkylation sites (N-methyl/N-ethyl adjacent to an activating group) is 1. The van der Waals surface area contributed by atoms with E-state index in [-0.39, 0.29) is 18.0 Å². The van der Waals surface area contributed by atoms with Crippen molar-refractivity contribution < 1.29 is 19.7 Å². The smallest absolute Gasteiger partial charge is 0.201 e. The van der Waals surface area contributed by atoms with Crippen LogP contribution < -0.4 is 9.64 Å². The van der Waals surface area contributed by atoms with Crippen molar-refractivity contribution in [2.24, 2.45) is 0 Å². The fraction of sp³-hybridized carbons (Fsp3) is 0.214. The van der Waals surface area contributed by atoms with Crippen LogP contribution in [0, 0.1) is 0 Å². The van der Waals surface area contributed by atoms with Crippen LogP contribution in [0.2, 0.25) is 0 Å². The molecule has 2 aromatic rings. The summed E-state index contributed by atoms with van der Waals surface area (Å²) >= 11 is 0. The molecule has 1 aromatic carbocycles. The molecule has 0 spiro atoms. The standard InChI is InChI=1S/C14H16N2O4/c1-15(7-8-17)14-13(19)12(18)9-16(14)10-3-5-11(20-2)6-4-10/h3-6,8-9,18-19H,7H2,1-2H3. The number of hydrogen-bond donors (Lipinski definition) is 2. The van der Waals surface area contributed by atoms with E-state index in [0.717, 1.165) is 12.0 Å². The largest absolute Gasteiger partial charge is 0.503 e. The summed E-state index contributed by atoms with van der Waals surface area (Å²) in [7, 11) is 3.23. The number of carbonyl (C=O) groups is 1. The third-order valence-electron chi connectivity index (χ3n) is 2.99. The molecule has 0 aliphatic carbocycles. The number of methoxy groups -OCH3 is 1. The van der Waals surface area contributed by atoms with E-state index < -0.39 is 0 Å². The van der Waals surface area contributed by atoms with Crippen molar-refractivity contribution in [3.8, 4) is 22.9 Å². The Hall–Kier alpha value is -2.63. The van der Waals surface area contributed by atoms with E-state index in [9.17, 15) is 15.0 Å². The van der Waals surface area contributed by atoms with E-state index in [1.165, 1.54) is 6.20 Å². The monoisotopic (exact) mass is 276 g/mol. The van der Waals surface area contributed by atoms with Gasteiger partial charge in [0.05, 0.1) is 19.9 Å². The van der Waals surface area contributed by atoms with E-state index >= 15 is 0 Å². The number of nitrogens with zero attached hydrogens (tertiary/aromatic N) is 2. The lowest BCUT2D eigenvalue weighted by molar-refractivity contribution is -0.106. The zero-order valence-electron chi connectivity index (χ0n) is 11.3. The van der Waals surface area contributed by atoms with Crippen LogP contribution in [0.1, 0.15) is 0 Å². The van der Waals surface area contributed by atoms with Crippen LogP contribution in [0.15, 0.2) is 30.5 Å². The lowest BCUT2D eigenvalue weighted by Crippen LogP contribution is -2.22. The Bertz CT molecular complexity index is 604. The van der Waals surface area contributed by atoms with Crippen LogP contribution in [0.4, 0.5) is 5.82 Å². The van der Waals surface area contributed by atoms with Gasteiger partial charge in [-0.1, -0.05) is 0 Å².